The van der Waals surface area contributed by atoms with E-state index in [2.05, 4.69) is 10.2 Å². The van der Waals surface area contributed by atoms with Crippen molar-refractivity contribution in [3.05, 3.63) is 66.2 Å². The van der Waals surface area contributed by atoms with E-state index >= 15 is 0 Å². The molecule has 0 fully saturated rings. The van der Waals surface area contributed by atoms with E-state index in [-0.39, 0.29) is 12.3 Å². The Kier molecular flexibility index (Phi) is 5.77. The highest BCUT2D eigenvalue weighted by atomic mass is 16.3. The molecule has 0 saturated carbocycles. The molecule has 2 N–H and O–H groups in total. The van der Waals surface area contributed by atoms with Gasteiger partial charge in [0.2, 0.25) is 5.91 Å². The van der Waals surface area contributed by atoms with Crippen LogP contribution < -0.4 is 10.2 Å². The second-order valence-corrected chi connectivity index (χ2v) is 5.92. The van der Waals surface area contributed by atoms with Gasteiger partial charge in [0.1, 0.15) is 0 Å². The van der Waals surface area contributed by atoms with E-state index in [1.165, 1.54) is 0 Å². The SMILES string of the molecule is CN(CCNC(=O)CC(C)(O)c1ccccc1)c1ccccc1. The van der Waals surface area contributed by atoms with Crippen molar-refractivity contribution in [2.24, 2.45) is 0 Å². The van der Waals surface area contributed by atoms with Gasteiger partial charge in [-0.3, -0.25) is 4.79 Å². The average Bonchev–Trinajstić information content (AvgIpc) is 2.56. The van der Waals surface area contributed by atoms with Crippen LogP contribution in [0.5, 0.6) is 0 Å². The monoisotopic (exact) mass is 312 g/mol. The molecule has 0 heterocycles. The number of amides is 1. The number of anilines is 1. The molecule has 0 bridgehead atoms. The minimum Gasteiger partial charge on any atom is -0.385 e. The summed E-state index contributed by atoms with van der Waals surface area (Å²) in [5.41, 5.74) is 0.700. The number of para-hydroxylation sites is 1. The summed E-state index contributed by atoms with van der Waals surface area (Å²) in [7, 11) is 1.99. The third-order valence-electron chi connectivity index (χ3n) is 3.87. The zero-order valence-electron chi connectivity index (χ0n) is 13.7. The molecular weight excluding hydrogens is 288 g/mol. The third kappa shape index (κ3) is 5.11. The number of likely N-dealkylation sites (N-methyl/N-ethyl adjacent to an activating group) is 1. The Bertz CT molecular complexity index is 612. The first kappa shape index (κ1) is 17.0. The van der Waals surface area contributed by atoms with Gasteiger partial charge in [-0.1, -0.05) is 48.5 Å². The molecule has 4 nitrogen and oxygen atoms in total. The van der Waals surface area contributed by atoms with Crippen molar-refractivity contribution in [1.29, 1.82) is 0 Å². The summed E-state index contributed by atoms with van der Waals surface area (Å²) in [6, 6.07) is 19.3. The number of carbonyl (C=O) groups excluding carboxylic acids is 1. The van der Waals surface area contributed by atoms with Gasteiger partial charge in [-0.2, -0.15) is 0 Å². The van der Waals surface area contributed by atoms with Gasteiger partial charge in [-0.25, -0.2) is 0 Å². The Morgan fingerprint density at radius 3 is 2.26 bits per heavy atom. The Hall–Kier alpha value is -2.33. The predicted molar refractivity (Wildman–Crippen MR) is 93.4 cm³/mol. The van der Waals surface area contributed by atoms with Crippen molar-refractivity contribution < 1.29 is 9.90 Å². The van der Waals surface area contributed by atoms with E-state index < -0.39 is 5.60 Å². The van der Waals surface area contributed by atoms with Gasteiger partial charge in [0.15, 0.2) is 0 Å². The minimum atomic E-state index is -1.16. The maximum atomic E-state index is 12.1. The number of carbonyl (C=O) groups is 1. The van der Waals surface area contributed by atoms with Crippen molar-refractivity contribution >= 4 is 11.6 Å². The quantitative estimate of drug-likeness (QED) is 0.826. The Labute approximate surface area is 137 Å². The summed E-state index contributed by atoms with van der Waals surface area (Å²) < 4.78 is 0. The molecule has 0 spiro atoms. The molecule has 23 heavy (non-hydrogen) atoms. The van der Waals surface area contributed by atoms with Crippen LogP contribution in [0.15, 0.2) is 60.7 Å². The van der Waals surface area contributed by atoms with Crippen LogP contribution in [0.1, 0.15) is 18.9 Å². The number of nitrogens with one attached hydrogen (secondary N) is 1. The molecule has 0 aliphatic carbocycles. The summed E-state index contributed by atoms with van der Waals surface area (Å²) in [4.78, 5) is 14.1. The molecule has 1 unspecified atom stereocenters. The molecule has 0 aromatic heterocycles. The molecule has 2 aromatic carbocycles. The summed E-state index contributed by atoms with van der Waals surface area (Å²) >= 11 is 0. The summed E-state index contributed by atoms with van der Waals surface area (Å²) in [6.07, 6.45) is 0.0477. The zero-order valence-corrected chi connectivity index (χ0v) is 13.7. The molecule has 2 rings (SSSR count). The lowest BCUT2D eigenvalue weighted by molar-refractivity contribution is -0.125. The van der Waals surface area contributed by atoms with Crippen LogP contribution in [0.4, 0.5) is 5.69 Å². The molecule has 122 valence electrons. The molecule has 1 atom stereocenters. The van der Waals surface area contributed by atoms with Crippen LogP contribution in [-0.2, 0) is 10.4 Å². The molecule has 4 heteroatoms. The van der Waals surface area contributed by atoms with Gasteiger partial charge in [-0.15, -0.1) is 0 Å². The van der Waals surface area contributed by atoms with Crippen molar-refractivity contribution in [3.63, 3.8) is 0 Å². The van der Waals surface area contributed by atoms with Gasteiger partial charge in [-0.05, 0) is 24.6 Å². The third-order valence-corrected chi connectivity index (χ3v) is 3.87. The number of nitrogens with zero attached hydrogens (tertiary/aromatic N) is 1. The molecule has 0 aliphatic heterocycles. The Balaban J connectivity index is 1.79. The van der Waals surface area contributed by atoms with Crippen LogP contribution in [0.3, 0.4) is 0 Å². The molecule has 0 saturated heterocycles. The fourth-order valence-corrected chi connectivity index (χ4v) is 2.45. The van der Waals surface area contributed by atoms with E-state index in [9.17, 15) is 9.90 Å². The smallest absolute Gasteiger partial charge is 0.223 e. The first-order valence-corrected chi connectivity index (χ1v) is 7.80. The molecular formula is C19H24N2O2. The first-order valence-electron chi connectivity index (χ1n) is 7.80. The maximum absolute atomic E-state index is 12.1. The highest BCUT2D eigenvalue weighted by molar-refractivity contribution is 5.77. The van der Waals surface area contributed by atoms with Gasteiger partial charge in [0.25, 0.3) is 0 Å². The van der Waals surface area contributed by atoms with E-state index in [1.54, 1.807) is 6.92 Å². The minimum absolute atomic E-state index is 0.0477. The van der Waals surface area contributed by atoms with Gasteiger partial charge < -0.3 is 15.3 Å². The Morgan fingerprint density at radius 2 is 1.65 bits per heavy atom. The molecule has 2 aromatic rings. The number of benzene rings is 2. The van der Waals surface area contributed by atoms with E-state index in [0.29, 0.717) is 13.1 Å². The van der Waals surface area contributed by atoms with Crippen LogP contribution in [0.2, 0.25) is 0 Å². The van der Waals surface area contributed by atoms with Gasteiger partial charge in [0.05, 0.1) is 12.0 Å². The predicted octanol–water partition coefficient (Wildman–Crippen LogP) is 2.54. The van der Waals surface area contributed by atoms with Crippen molar-refractivity contribution in [2.45, 2.75) is 18.9 Å². The number of aliphatic hydroxyl groups is 1. The Morgan fingerprint density at radius 1 is 1.09 bits per heavy atom. The largest absolute Gasteiger partial charge is 0.385 e. The second kappa shape index (κ2) is 7.79. The molecule has 0 aliphatic rings. The standard InChI is InChI=1S/C19H24N2O2/c1-19(23,16-9-5-3-6-10-16)15-18(22)20-13-14-21(2)17-11-7-4-8-12-17/h3-12,23H,13-15H2,1-2H3,(H,20,22). The fourth-order valence-electron chi connectivity index (χ4n) is 2.45. The van der Waals surface area contributed by atoms with E-state index in [0.717, 1.165) is 11.3 Å². The van der Waals surface area contributed by atoms with Crippen LogP contribution in [0, 0.1) is 0 Å². The fraction of sp³-hybridized carbons (Fsp3) is 0.316. The molecule has 1 amide bonds. The average molecular weight is 312 g/mol. The zero-order chi connectivity index (χ0) is 16.7. The first-order chi connectivity index (χ1) is 11.0. The summed E-state index contributed by atoms with van der Waals surface area (Å²) in [6.45, 7) is 2.91. The maximum Gasteiger partial charge on any atom is 0.223 e. The van der Waals surface area contributed by atoms with Crippen molar-refractivity contribution in [3.8, 4) is 0 Å². The number of rotatable bonds is 7. The van der Waals surface area contributed by atoms with Crippen LogP contribution in [0.25, 0.3) is 0 Å². The highest BCUT2D eigenvalue weighted by Crippen LogP contribution is 2.23. The number of hydrogen-bond donors (Lipinski definition) is 2. The summed E-state index contributed by atoms with van der Waals surface area (Å²) in [5, 5.41) is 13.3. The summed E-state index contributed by atoms with van der Waals surface area (Å²) in [5.74, 6) is -0.152. The second-order valence-electron chi connectivity index (χ2n) is 5.92. The molecule has 0 radical (unpaired) electrons. The topological polar surface area (TPSA) is 52.6 Å². The number of hydrogen-bond acceptors (Lipinski definition) is 3. The van der Waals surface area contributed by atoms with E-state index in [4.69, 9.17) is 0 Å². The van der Waals surface area contributed by atoms with Gasteiger partial charge in [0, 0.05) is 25.8 Å². The van der Waals surface area contributed by atoms with Gasteiger partial charge >= 0.3 is 0 Å². The lowest BCUT2D eigenvalue weighted by Gasteiger charge is -2.24. The highest BCUT2D eigenvalue weighted by Gasteiger charge is 2.26. The van der Waals surface area contributed by atoms with Crippen LogP contribution in [-0.4, -0.2) is 31.2 Å². The van der Waals surface area contributed by atoms with Crippen molar-refractivity contribution in [1.82, 2.24) is 5.32 Å². The lowest BCUT2D eigenvalue weighted by Crippen LogP contribution is -2.36. The normalized spacial score (nSPS) is 13.2. The van der Waals surface area contributed by atoms with E-state index in [1.807, 2.05) is 67.7 Å². The van der Waals surface area contributed by atoms with Crippen LogP contribution >= 0.6 is 0 Å². The van der Waals surface area contributed by atoms with Crippen molar-refractivity contribution in [2.75, 3.05) is 25.0 Å². The lowest BCUT2D eigenvalue weighted by atomic mass is 9.92.